The van der Waals surface area contributed by atoms with E-state index in [1.165, 1.54) is 12.8 Å². The van der Waals surface area contributed by atoms with Gasteiger partial charge in [0.25, 0.3) is 0 Å². The Kier molecular flexibility index (Phi) is 3.22. The SMILES string of the molecule is O=C(NCc1cn[nH]c1)NC1CCCC1. The molecule has 15 heavy (non-hydrogen) atoms. The Hall–Kier alpha value is -1.52. The highest BCUT2D eigenvalue weighted by Gasteiger charge is 2.16. The molecule has 1 aromatic heterocycles. The number of hydrogen-bond acceptors (Lipinski definition) is 2. The van der Waals surface area contributed by atoms with Crippen LogP contribution in [0.5, 0.6) is 0 Å². The van der Waals surface area contributed by atoms with Gasteiger partial charge in [0.2, 0.25) is 0 Å². The third kappa shape index (κ3) is 2.97. The lowest BCUT2D eigenvalue weighted by Gasteiger charge is -2.12. The van der Waals surface area contributed by atoms with Gasteiger partial charge in [-0.2, -0.15) is 5.10 Å². The van der Waals surface area contributed by atoms with Crippen LogP contribution >= 0.6 is 0 Å². The number of aromatic amines is 1. The first-order chi connectivity index (χ1) is 7.34. The highest BCUT2D eigenvalue weighted by Crippen LogP contribution is 2.17. The van der Waals surface area contributed by atoms with Crippen molar-refractivity contribution in [2.75, 3.05) is 0 Å². The number of urea groups is 1. The molecule has 5 heteroatoms. The van der Waals surface area contributed by atoms with Crippen LogP contribution in [0, 0.1) is 0 Å². The first-order valence-electron chi connectivity index (χ1n) is 5.36. The summed E-state index contributed by atoms with van der Waals surface area (Å²) in [6.45, 7) is 0.523. The molecule has 3 N–H and O–H groups in total. The molecule has 0 aliphatic heterocycles. The monoisotopic (exact) mass is 208 g/mol. The maximum absolute atomic E-state index is 11.4. The number of rotatable bonds is 3. The van der Waals surface area contributed by atoms with Crippen molar-refractivity contribution >= 4 is 6.03 Å². The Morgan fingerprint density at radius 1 is 1.53 bits per heavy atom. The number of H-pyrrole nitrogens is 1. The second-order valence-corrected chi connectivity index (χ2v) is 3.91. The van der Waals surface area contributed by atoms with Crippen molar-refractivity contribution in [3.05, 3.63) is 18.0 Å². The third-order valence-corrected chi connectivity index (χ3v) is 2.70. The molecule has 1 aromatic rings. The van der Waals surface area contributed by atoms with Crippen LogP contribution in [-0.4, -0.2) is 22.3 Å². The molecule has 0 saturated heterocycles. The number of carbonyl (C=O) groups is 1. The van der Waals surface area contributed by atoms with Crippen LogP contribution < -0.4 is 10.6 Å². The first-order valence-corrected chi connectivity index (χ1v) is 5.36. The van der Waals surface area contributed by atoms with Crippen LogP contribution in [0.1, 0.15) is 31.2 Å². The molecule has 2 amide bonds. The van der Waals surface area contributed by atoms with E-state index in [0.29, 0.717) is 12.6 Å². The van der Waals surface area contributed by atoms with Gasteiger partial charge in [0.15, 0.2) is 0 Å². The summed E-state index contributed by atoms with van der Waals surface area (Å²) in [5, 5.41) is 12.3. The second-order valence-electron chi connectivity index (χ2n) is 3.91. The van der Waals surface area contributed by atoms with Crippen molar-refractivity contribution in [2.45, 2.75) is 38.3 Å². The summed E-state index contributed by atoms with van der Waals surface area (Å²) in [4.78, 5) is 11.4. The van der Waals surface area contributed by atoms with E-state index in [-0.39, 0.29) is 6.03 Å². The maximum Gasteiger partial charge on any atom is 0.315 e. The largest absolute Gasteiger partial charge is 0.335 e. The molecule has 1 aliphatic rings. The van der Waals surface area contributed by atoms with E-state index in [2.05, 4.69) is 20.8 Å². The lowest BCUT2D eigenvalue weighted by atomic mass is 10.2. The van der Waals surface area contributed by atoms with Gasteiger partial charge in [-0.25, -0.2) is 4.79 Å². The van der Waals surface area contributed by atoms with Crippen LogP contribution in [0.3, 0.4) is 0 Å². The predicted molar refractivity (Wildman–Crippen MR) is 56.2 cm³/mol. The van der Waals surface area contributed by atoms with E-state index < -0.39 is 0 Å². The molecule has 0 atom stereocenters. The quantitative estimate of drug-likeness (QED) is 0.697. The minimum Gasteiger partial charge on any atom is -0.335 e. The Bertz CT molecular complexity index is 303. The van der Waals surface area contributed by atoms with Crippen LogP contribution in [-0.2, 0) is 6.54 Å². The van der Waals surface area contributed by atoms with E-state index >= 15 is 0 Å². The lowest BCUT2D eigenvalue weighted by Crippen LogP contribution is -2.40. The van der Waals surface area contributed by atoms with Gasteiger partial charge in [0.05, 0.1) is 6.20 Å². The molecule has 0 aromatic carbocycles. The van der Waals surface area contributed by atoms with E-state index in [1.54, 1.807) is 12.4 Å². The average Bonchev–Trinajstić information content (AvgIpc) is 2.86. The highest BCUT2D eigenvalue weighted by atomic mass is 16.2. The standard InChI is InChI=1S/C10H16N4O/c15-10(14-9-3-1-2-4-9)11-5-8-6-12-13-7-8/h6-7,9H,1-5H2,(H,12,13)(H2,11,14,15). The third-order valence-electron chi connectivity index (χ3n) is 2.70. The van der Waals surface area contributed by atoms with E-state index in [0.717, 1.165) is 18.4 Å². The zero-order chi connectivity index (χ0) is 10.5. The van der Waals surface area contributed by atoms with Crippen molar-refractivity contribution in [3.63, 3.8) is 0 Å². The zero-order valence-corrected chi connectivity index (χ0v) is 8.62. The Morgan fingerprint density at radius 2 is 2.33 bits per heavy atom. The van der Waals surface area contributed by atoms with Gasteiger partial charge >= 0.3 is 6.03 Å². The molecule has 1 aliphatic carbocycles. The van der Waals surface area contributed by atoms with Gasteiger partial charge in [0.1, 0.15) is 0 Å². The predicted octanol–water partition coefficient (Wildman–Crippen LogP) is 1.15. The zero-order valence-electron chi connectivity index (χ0n) is 8.62. The molecular weight excluding hydrogens is 192 g/mol. The highest BCUT2D eigenvalue weighted by molar-refractivity contribution is 5.74. The van der Waals surface area contributed by atoms with E-state index in [1.807, 2.05) is 0 Å². The molecule has 1 heterocycles. The molecule has 1 fully saturated rings. The molecule has 0 unspecified atom stereocenters. The minimum absolute atomic E-state index is 0.0805. The van der Waals surface area contributed by atoms with Crippen LogP contribution in [0.25, 0.3) is 0 Å². The van der Waals surface area contributed by atoms with Crippen molar-refractivity contribution < 1.29 is 4.79 Å². The second kappa shape index (κ2) is 4.82. The van der Waals surface area contributed by atoms with Crippen molar-refractivity contribution in [2.24, 2.45) is 0 Å². The van der Waals surface area contributed by atoms with Crippen molar-refractivity contribution in [1.82, 2.24) is 20.8 Å². The fourth-order valence-electron chi connectivity index (χ4n) is 1.86. The Morgan fingerprint density at radius 3 is 3.00 bits per heavy atom. The summed E-state index contributed by atoms with van der Waals surface area (Å²) < 4.78 is 0. The molecule has 1 saturated carbocycles. The molecule has 82 valence electrons. The number of hydrogen-bond donors (Lipinski definition) is 3. The summed E-state index contributed by atoms with van der Waals surface area (Å²) in [6.07, 6.45) is 8.16. The van der Waals surface area contributed by atoms with Gasteiger partial charge in [-0.15, -0.1) is 0 Å². The van der Waals surface area contributed by atoms with Gasteiger partial charge in [-0.1, -0.05) is 12.8 Å². The van der Waals surface area contributed by atoms with Gasteiger partial charge in [-0.3, -0.25) is 5.10 Å². The molecule has 0 bridgehead atoms. The van der Waals surface area contributed by atoms with Crippen LogP contribution in [0.15, 0.2) is 12.4 Å². The van der Waals surface area contributed by atoms with Crippen molar-refractivity contribution in [1.29, 1.82) is 0 Å². The summed E-state index contributed by atoms with van der Waals surface area (Å²) >= 11 is 0. The fraction of sp³-hybridized carbons (Fsp3) is 0.600. The summed E-state index contributed by atoms with van der Waals surface area (Å²) in [5.74, 6) is 0. The number of aromatic nitrogens is 2. The number of carbonyl (C=O) groups excluding carboxylic acids is 1. The smallest absolute Gasteiger partial charge is 0.315 e. The molecule has 0 spiro atoms. The number of nitrogens with one attached hydrogen (secondary N) is 3. The average molecular weight is 208 g/mol. The van der Waals surface area contributed by atoms with Crippen molar-refractivity contribution in [3.8, 4) is 0 Å². The van der Waals surface area contributed by atoms with Gasteiger partial charge in [-0.05, 0) is 12.8 Å². The normalized spacial score (nSPS) is 16.5. The summed E-state index contributed by atoms with van der Waals surface area (Å²) in [6, 6.07) is 0.289. The van der Waals surface area contributed by atoms with Crippen LogP contribution in [0.2, 0.25) is 0 Å². The van der Waals surface area contributed by atoms with Crippen LogP contribution in [0.4, 0.5) is 4.79 Å². The van der Waals surface area contributed by atoms with Gasteiger partial charge < -0.3 is 10.6 Å². The number of nitrogens with zero attached hydrogens (tertiary/aromatic N) is 1. The van der Waals surface area contributed by atoms with Gasteiger partial charge in [0, 0.05) is 24.3 Å². The topological polar surface area (TPSA) is 69.8 Å². The molecule has 5 nitrogen and oxygen atoms in total. The van der Waals surface area contributed by atoms with E-state index in [9.17, 15) is 4.79 Å². The lowest BCUT2D eigenvalue weighted by molar-refractivity contribution is 0.236. The molecular formula is C10H16N4O. The maximum atomic E-state index is 11.4. The Labute approximate surface area is 88.6 Å². The number of amides is 2. The first kappa shape index (κ1) is 10.0. The Balaban J connectivity index is 1.68. The summed E-state index contributed by atoms with van der Waals surface area (Å²) in [5.41, 5.74) is 0.983. The van der Waals surface area contributed by atoms with E-state index in [4.69, 9.17) is 0 Å². The molecule has 0 radical (unpaired) electrons. The fourth-order valence-corrected chi connectivity index (χ4v) is 1.86. The molecule has 2 rings (SSSR count). The minimum atomic E-state index is -0.0805. The summed E-state index contributed by atoms with van der Waals surface area (Å²) in [7, 11) is 0.